The molecular formula is C15H15ClN2O2. The molecule has 5 heteroatoms. The van der Waals surface area contributed by atoms with Crippen molar-refractivity contribution in [3.63, 3.8) is 0 Å². The van der Waals surface area contributed by atoms with E-state index in [2.05, 4.69) is 4.98 Å². The van der Waals surface area contributed by atoms with Gasteiger partial charge in [0.25, 0.3) is 0 Å². The summed E-state index contributed by atoms with van der Waals surface area (Å²) in [5.74, 6) is -0.511. The quantitative estimate of drug-likeness (QED) is 0.938. The third-order valence-electron chi connectivity index (χ3n) is 2.94. The van der Waals surface area contributed by atoms with E-state index in [1.165, 1.54) is 0 Å². The largest absolute Gasteiger partial charge is 0.478 e. The summed E-state index contributed by atoms with van der Waals surface area (Å²) in [6, 6.07) is 10.7. The molecule has 0 aliphatic rings. The first-order valence-corrected chi connectivity index (χ1v) is 6.51. The zero-order chi connectivity index (χ0) is 14.7. The van der Waals surface area contributed by atoms with Gasteiger partial charge in [0, 0.05) is 24.3 Å². The maximum Gasteiger partial charge on any atom is 0.339 e. The SMILES string of the molecule is Cc1ccc(C(=O)O)c(N(C)Cc2ccc(Cl)cc2)n1. The number of aromatic carboxylic acids is 1. The first kappa shape index (κ1) is 14.3. The standard InChI is InChI=1S/C15H15ClN2O2/c1-10-3-8-13(15(19)20)14(17-10)18(2)9-11-4-6-12(16)7-5-11/h3-8H,9H2,1-2H3,(H,19,20). The Bertz CT molecular complexity index is 626. The second kappa shape index (κ2) is 5.92. The Morgan fingerprint density at radius 2 is 1.90 bits per heavy atom. The molecule has 0 amide bonds. The van der Waals surface area contributed by atoms with Crippen LogP contribution in [-0.2, 0) is 6.54 Å². The molecule has 0 aliphatic carbocycles. The summed E-state index contributed by atoms with van der Waals surface area (Å²) in [6.45, 7) is 2.40. The van der Waals surface area contributed by atoms with Crippen molar-refractivity contribution in [2.45, 2.75) is 13.5 Å². The van der Waals surface area contributed by atoms with E-state index in [1.807, 2.05) is 43.1 Å². The van der Waals surface area contributed by atoms with Crippen molar-refractivity contribution in [1.29, 1.82) is 0 Å². The summed E-state index contributed by atoms with van der Waals surface area (Å²) < 4.78 is 0. The van der Waals surface area contributed by atoms with Crippen LogP contribution in [-0.4, -0.2) is 23.1 Å². The Morgan fingerprint density at radius 3 is 2.50 bits per heavy atom. The molecule has 0 bridgehead atoms. The maximum atomic E-state index is 11.3. The molecule has 2 aromatic rings. The highest BCUT2D eigenvalue weighted by Gasteiger charge is 2.15. The first-order chi connectivity index (χ1) is 9.47. The molecule has 104 valence electrons. The molecule has 2 rings (SSSR count). The molecule has 0 aliphatic heterocycles. The number of halogens is 1. The van der Waals surface area contributed by atoms with Gasteiger partial charge in [-0.2, -0.15) is 0 Å². The average Bonchev–Trinajstić information content (AvgIpc) is 2.41. The van der Waals surface area contributed by atoms with Gasteiger partial charge in [-0.3, -0.25) is 0 Å². The van der Waals surface area contributed by atoms with Crippen LogP contribution in [0, 0.1) is 6.92 Å². The molecule has 0 spiro atoms. The Kier molecular flexibility index (Phi) is 4.25. The maximum absolute atomic E-state index is 11.3. The number of carboxylic acids is 1. The van der Waals surface area contributed by atoms with Gasteiger partial charge >= 0.3 is 5.97 Å². The molecule has 4 nitrogen and oxygen atoms in total. The number of hydrogen-bond acceptors (Lipinski definition) is 3. The molecule has 0 saturated heterocycles. The van der Waals surface area contributed by atoms with Gasteiger partial charge in [-0.1, -0.05) is 23.7 Å². The van der Waals surface area contributed by atoms with Crippen LogP contribution in [0.25, 0.3) is 0 Å². The van der Waals surface area contributed by atoms with Crippen LogP contribution < -0.4 is 4.90 Å². The Labute approximate surface area is 122 Å². The molecule has 0 atom stereocenters. The number of aryl methyl sites for hydroxylation is 1. The van der Waals surface area contributed by atoms with Crippen LogP contribution in [0.2, 0.25) is 5.02 Å². The van der Waals surface area contributed by atoms with Crippen molar-refractivity contribution < 1.29 is 9.90 Å². The lowest BCUT2D eigenvalue weighted by atomic mass is 10.2. The predicted octanol–water partition coefficient (Wildman–Crippen LogP) is 3.38. The van der Waals surface area contributed by atoms with E-state index in [-0.39, 0.29) is 5.56 Å². The van der Waals surface area contributed by atoms with Gasteiger partial charge in [-0.05, 0) is 36.8 Å². The van der Waals surface area contributed by atoms with Crippen LogP contribution in [0.3, 0.4) is 0 Å². The van der Waals surface area contributed by atoms with Gasteiger partial charge in [-0.15, -0.1) is 0 Å². The molecule has 1 aromatic carbocycles. The minimum Gasteiger partial charge on any atom is -0.478 e. The molecule has 1 heterocycles. The summed E-state index contributed by atoms with van der Waals surface area (Å²) in [5.41, 5.74) is 2.02. The topological polar surface area (TPSA) is 53.4 Å². The third-order valence-corrected chi connectivity index (χ3v) is 3.19. The lowest BCUT2D eigenvalue weighted by molar-refractivity contribution is 0.0697. The van der Waals surface area contributed by atoms with Crippen molar-refractivity contribution in [2.75, 3.05) is 11.9 Å². The number of carbonyl (C=O) groups is 1. The fourth-order valence-corrected chi connectivity index (χ4v) is 2.07. The number of carboxylic acid groups (broad SMARTS) is 1. The van der Waals surface area contributed by atoms with Crippen LogP contribution in [0.4, 0.5) is 5.82 Å². The van der Waals surface area contributed by atoms with Gasteiger partial charge in [0.05, 0.1) is 0 Å². The molecule has 1 aromatic heterocycles. The van der Waals surface area contributed by atoms with E-state index in [0.29, 0.717) is 17.4 Å². The van der Waals surface area contributed by atoms with Crippen molar-refractivity contribution in [3.05, 3.63) is 58.2 Å². The second-order valence-corrected chi connectivity index (χ2v) is 5.05. The van der Waals surface area contributed by atoms with E-state index in [0.717, 1.165) is 11.3 Å². The molecule has 0 saturated carbocycles. The number of rotatable bonds is 4. The minimum atomic E-state index is -0.976. The van der Waals surface area contributed by atoms with Crippen molar-refractivity contribution >= 4 is 23.4 Å². The Hall–Kier alpha value is -2.07. The third kappa shape index (κ3) is 3.27. The van der Waals surface area contributed by atoms with Gasteiger partial charge < -0.3 is 10.0 Å². The zero-order valence-electron chi connectivity index (χ0n) is 11.3. The number of anilines is 1. The first-order valence-electron chi connectivity index (χ1n) is 6.14. The molecular weight excluding hydrogens is 276 g/mol. The zero-order valence-corrected chi connectivity index (χ0v) is 12.1. The highest BCUT2D eigenvalue weighted by molar-refractivity contribution is 6.30. The highest BCUT2D eigenvalue weighted by atomic mass is 35.5. The van der Waals surface area contributed by atoms with E-state index in [4.69, 9.17) is 11.6 Å². The minimum absolute atomic E-state index is 0.201. The van der Waals surface area contributed by atoms with Crippen molar-refractivity contribution in [1.82, 2.24) is 4.98 Å². The van der Waals surface area contributed by atoms with E-state index in [9.17, 15) is 9.90 Å². The highest BCUT2D eigenvalue weighted by Crippen LogP contribution is 2.20. The normalized spacial score (nSPS) is 10.3. The van der Waals surface area contributed by atoms with Gasteiger partial charge in [-0.25, -0.2) is 9.78 Å². The van der Waals surface area contributed by atoms with Crippen LogP contribution >= 0.6 is 11.6 Å². The van der Waals surface area contributed by atoms with Crippen molar-refractivity contribution in [3.8, 4) is 0 Å². The summed E-state index contributed by atoms with van der Waals surface area (Å²) in [6.07, 6.45) is 0. The summed E-state index contributed by atoms with van der Waals surface area (Å²) in [7, 11) is 1.82. The van der Waals surface area contributed by atoms with E-state index in [1.54, 1.807) is 12.1 Å². The number of pyridine rings is 1. The molecule has 0 unspecified atom stereocenters. The molecule has 0 fully saturated rings. The Morgan fingerprint density at radius 1 is 1.25 bits per heavy atom. The van der Waals surface area contributed by atoms with Crippen LogP contribution in [0.5, 0.6) is 0 Å². The smallest absolute Gasteiger partial charge is 0.339 e. The fourth-order valence-electron chi connectivity index (χ4n) is 1.94. The summed E-state index contributed by atoms with van der Waals surface area (Å²) in [4.78, 5) is 17.4. The predicted molar refractivity (Wildman–Crippen MR) is 79.5 cm³/mol. The van der Waals surface area contributed by atoms with E-state index >= 15 is 0 Å². The number of hydrogen-bond donors (Lipinski definition) is 1. The Balaban J connectivity index is 2.28. The van der Waals surface area contributed by atoms with E-state index < -0.39 is 5.97 Å². The average molecular weight is 291 g/mol. The molecule has 1 N–H and O–H groups in total. The van der Waals surface area contributed by atoms with Gasteiger partial charge in [0.15, 0.2) is 0 Å². The van der Waals surface area contributed by atoms with Crippen LogP contribution in [0.1, 0.15) is 21.6 Å². The molecule has 0 radical (unpaired) electrons. The monoisotopic (exact) mass is 290 g/mol. The van der Waals surface area contributed by atoms with Crippen molar-refractivity contribution in [2.24, 2.45) is 0 Å². The van der Waals surface area contributed by atoms with Gasteiger partial charge in [0.1, 0.15) is 11.4 Å². The molecule has 20 heavy (non-hydrogen) atoms. The number of nitrogens with zero attached hydrogens (tertiary/aromatic N) is 2. The van der Waals surface area contributed by atoms with Gasteiger partial charge in [0.2, 0.25) is 0 Å². The summed E-state index contributed by atoms with van der Waals surface area (Å²) in [5, 5.41) is 9.90. The fraction of sp³-hybridized carbons (Fsp3) is 0.200. The summed E-state index contributed by atoms with van der Waals surface area (Å²) >= 11 is 5.85. The lowest BCUT2D eigenvalue weighted by Gasteiger charge is -2.20. The lowest BCUT2D eigenvalue weighted by Crippen LogP contribution is -2.21. The van der Waals surface area contributed by atoms with Crippen LogP contribution in [0.15, 0.2) is 36.4 Å². The number of aromatic nitrogens is 1. The number of benzene rings is 1. The second-order valence-electron chi connectivity index (χ2n) is 4.61.